The molecule has 0 fully saturated rings. The van der Waals surface area contributed by atoms with Gasteiger partial charge in [-0.25, -0.2) is 9.78 Å². The minimum atomic E-state index is -4.54. The van der Waals surface area contributed by atoms with Crippen LogP contribution in [0.1, 0.15) is 5.56 Å². The summed E-state index contributed by atoms with van der Waals surface area (Å²) in [7, 11) is 0. The Morgan fingerprint density at radius 1 is 1.22 bits per heavy atom. The molecule has 27 heavy (non-hydrogen) atoms. The van der Waals surface area contributed by atoms with Gasteiger partial charge >= 0.3 is 11.8 Å². The van der Waals surface area contributed by atoms with Crippen LogP contribution in [0.3, 0.4) is 0 Å². The van der Waals surface area contributed by atoms with Crippen LogP contribution in [0, 0.1) is 0 Å². The summed E-state index contributed by atoms with van der Waals surface area (Å²) in [5.74, 6) is -0.491. The second-order valence-electron chi connectivity index (χ2n) is 5.35. The summed E-state index contributed by atoms with van der Waals surface area (Å²) in [5.41, 5.74) is -0.565. The van der Waals surface area contributed by atoms with Crippen molar-refractivity contribution < 1.29 is 22.4 Å². The first-order valence-corrected chi connectivity index (χ1v) is 8.78. The van der Waals surface area contributed by atoms with Crippen molar-refractivity contribution in [3.05, 3.63) is 63.6 Å². The molecule has 0 aliphatic heterocycles. The number of halogens is 4. The summed E-state index contributed by atoms with van der Waals surface area (Å²) < 4.78 is 42.8. The van der Waals surface area contributed by atoms with Crippen LogP contribution in [0.2, 0.25) is 5.02 Å². The lowest BCUT2D eigenvalue weighted by Gasteiger charge is -2.09. The first-order valence-electron chi connectivity index (χ1n) is 7.42. The third-order valence-corrected chi connectivity index (χ3v) is 4.78. The minimum absolute atomic E-state index is 0.0972. The number of nitrogens with one attached hydrogen (secondary N) is 1. The number of alkyl halides is 3. The van der Waals surface area contributed by atoms with Crippen LogP contribution in [0.25, 0.3) is 11.0 Å². The summed E-state index contributed by atoms with van der Waals surface area (Å²) in [6.07, 6.45) is -3.87. The zero-order chi connectivity index (χ0) is 19.6. The molecule has 140 valence electrons. The van der Waals surface area contributed by atoms with Crippen LogP contribution in [-0.4, -0.2) is 16.6 Å². The van der Waals surface area contributed by atoms with Gasteiger partial charge in [0.15, 0.2) is 0 Å². The van der Waals surface area contributed by atoms with Gasteiger partial charge in [0.05, 0.1) is 16.3 Å². The van der Waals surface area contributed by atoms with Crippen molar-refractivity contribution in [3.8, 4) is 0 Å². The van der Waals surface area contributed by atoms with E-state index in [4.69, 9.17) is 16.0 Å². The summed E-state index contributed by atoms with van der Waals surface area (Å²) >= 11 is 6.72. The number of carbonyl (C=O) groups excluding carboxylic acids is 1. The molecule has 10 heteroatoms. The van der Waals surface area contributed by atoms with E-state index in [1.54, 1.807) is 24.3 Å². The Balaban J connectivity index is 1.64. The first-order chi connectivity index (χ1) is 12.7. The smallest absolute Gasteiger partial charge is 0.417 e. The molecule has 3 aromatic rings. The average Bonchev–Trinajstić information content (AvgIpc) is 2.60. The Kier molecular flexibility index (Phi) is 5.43. The highest BCUT2D eigenvalue weighted by Gasteiger charge is 2.31. The van der Waals surface area contributed by atoms with E-state index in [1.807, 2.05) is 0 Å². The van der Waals surface area contributed by atoms with E-state index in [9.17, 15) is 22.8 Å². The van der Waals surface area contributed by atoms with Gasteiger partial charge in [-0.3, -0.25) is 4.79 Å². The van der Waals surface area contributed by atoms with E-state index in [0.717, 1.165) is 17.8 Å². The molecule has 2 aromatic heterocycles. The van der Waals surface area contributed by atoms with Gasteiger partial charge in [-0.1, -0.05) is 23.4 Å². The maximum Gasteiger partial charge on any atom is 0.417 e. The van der Waals surface area contributed by atoms with Gasteiger partial charge < -0.3 is 9.73 Å². The topological polar surface area (TPSA) is 72.2 Å². The molecule has 0 atom stereocenters. The number of benzene rings is 1. The van der Waals surface area contributed by atoms with Crippen molar-refractivity contribution in [2.24, 2.45) is 0 Å². The van der Waals surface area contributed by atoms with Crippen LogP contribution in [-0.2, 0) is 11.0 Å². The number of anilines is 1. The number of amides is 1. The van der Waals surface area contributed by atoms with Gasteiger partial charge in [-0.15, -0.1) is 0 Å². The van der Waals surface area contributed by atoms with Gasteiger partial charge in [0.2, 0.25) is 5.91 Å². The predicted molar refractivity (Wildman–Crippen MR) is 96.1 cm³/mol. The molecule has 0 aliphatic rings. The lowest BCUT2D eigenvalue weighted by Crippen LogP contribution is -2.14. The fourth-order valence-electron chi connectivity index (χ4n) is 2.17. The lowest BCUT2D eigenvalue weighted by atomic mass is 10.2. The van der Waals surface area contributed by atoms with Gasteiger partial charge in [0.1, 0.15) is 10.6 Å². The standard InChI is InChI=1S/C17H10ClF3N2O3S/c18-12-6-10(17(19,20)21)7-22-16(12)27-8-14(24)23-11-2-3-13-9(5-11)1-4-15(25)26-13/h1-7H,8H2,(H,23,24). The van der Waals surface area contributed by atoms with Crippen LogP contribution >= 0.6 is 23.4 Å². The first kappa shape index (κ1) is 19.2. The number of nitrogens with zero attached hydrogens (tertiary/aromatic N) is 1. The maximum atomic E-state index is 12.6. The van der Waals surface area contributed by atoms with Gasteiger partial charge in [-0.2, -0.15) is 13.2 Å². The Hall–Kier alpha value is -2.52. The highest BCUT2D eigenvalue weighted by Crippen LogP contribution is 2.33. The summed E-state index contributed by atoms with van der Waals surface area (Å²) in [5, 5.41) is 3.22. The minimum Gasteiger partial charge on any atom is -0.423 e. The van der Waals surface area contributed by atoms with Crippen molar-refractivity contribution >= 4 is 45.9 Å². The SMILES string of the molecule is O=C(CSc1ncc(C(F)(F)F)cc1Cl)Nc1ccc2oc(=O)ccc2c1. The number of pyridine rings is 1. The molecule has 0 bridgehead atoms. The monoisotopic (exact) mass is 414 g/mol. The number of aromatic nitrogens is 1. The fourth-order valence-corrected chi connectivity index (χ4v) is 3.16. The van der Waals surface area contributed by atoms with E-state index in [0.29, 0.717) is 22.9 Å². The molecule has 0 aliphatic carbocycles. The van der Waals surface area contributed by atoms with Crippen molar-refractivity contribution in [2.45, 2.75) is 11.2 Å². The van der Waals surface area contributed by atoms with E-state index in [2.05, 4.69) is 10.3 Å². The molecule has 0 unspecified atom stereocenters. The molecule has 1 aromatic carbocycles. The number of thioether (sulfide) groups is 1. The number of carbonyl (C=O) groups is 1. The number of rotatable bonds is 4. The van der Waals surface area contributed by atoms with Gasteiger partial charge in [0.25, 0.3) is 0 Å². The fraction of sp³-hybridized carbons (Fsp3) is 0.118. The summed E-state index contributed by atoms with van der Waals surface area (Å²) in [4.78, 5) is 26.9. The lowest BCUT2D eigenvalue weighted by molar-refractivity contribution is -0.137. The zero-order valence-electron chi connectivity index (χ0n) is 13.3. The van der Waals surface area contributed by atoms with Crippen molar-refractivity contribution in [1.82, 2.24) is 4.98 Å². The Bertz CT molecular complexity index is 1070. The Morgan fingerprint density at radius 3 is 2.70 bits per heavy atom. The molecule has 0 radical (unpaired) electrons. The van der Waals surface area contributed by atoms with Crippen LogP contribution in [0.5, 0.6) is 0 Å². The van der Waals surface area contributed by atoms with Crippen molar-refractivity contribution in [1.29, 1.82) is 0 Å². The zero-order valence-corrected chi connectivity index (χ0v) is 14.9. The molecule has 0 spiro atoms. The highest BCUT2D eigenvalue weighted by atomic mass is 35.5. The second-order valence-corrected chi connectivity index (χ2v) is 6.72. The van der Waals surface area contributed by atoms with Crippen molar-refractivity contribution in [2.75, 3.05) is 11.1 Å². The third-order valence-electron chi connectivity index (χ3n) is 3.38. The van der Waals surface area contributed by atoms with Crippen LogP contribution in [0.15, 0.2) is 56.8 Å². The van der Waals surface area contributed by atoms with E-state index >= 15 is 0 Å². The van der Waals surface area contributed by atoms with Gasteiger partial charge in [-0.05, 0) is 30.3 Å². The molecule has 5 nitrogen and oxygen atoms in total. The van der Waals surface area contributed by atoms with Crippen LogP contribution < -0.4 is 10.9 Å². The van der Waals surface area contributed by atoms with Crippen LogP contribution in [0.4, 0.5) is 18.9 Å². The summed E-state index contributed by atoms with van der Waals surface area (Å²) in [6, 6.07) is 8.35. The third kappa shape index (κ3) is 4.81. The predicted octanol–water partition coefficient (Wildman–Crippen LogP) is 4.59. The van der Waals surface area contributed by atoms with E-state index < -0.39 is 23.3 Å². The highest BCUT2D eigenvalue weighted by molar-refractivity contribution is 8.00. The normalized spacial score (nSPS) is 11.6. The second kappa shape index (κ2) is 7.61. The average molecular weight is 415 g/mol. The molecule has 3 rings (SSSR count). The quantitative estimate of drug-likeness (QED) is 0.499. The maximum absolute atomic E-state index is 12.6. The van der Waals surface area contributed by atoms with E-state index in [1.165, 1.54) is 6.07 Å². The molecular formula is C17H10ClF3N2O3S. The molecule has 0 saturated carbocycles. The Labute approximate surface area is 159 Å². The van der Waals surface area contributed by atoms with Crippen molar-refractivity contribution in [3.63, 3.8) is 0 Å². The molecule has 1 N–H and O–H groups in total. The largest absolute Gasteiger partial charge is 0.423 e. The number of hydrogen-bond acceptors (Lipinski definition) is 5. The molecule has 1 amide bonds. The molecule has 0 saturated heterocycles. The molecular weight excluding hydrogens is 405 g/mol. The Morgan fingerprint density at radius 2 is 2.00 bits per heavy atom. The molecule has 2 heterocycles. The number of hydrogen-bond donors (Lipinski definition) is 1. The number of fused-ring (bicyclic) bond motifs is 1. The summed E-state index contributed by atoms with van der Waals surface area (Å²) in [6.45, 7) is 0. The van der Waals surface area contributed by atoms with E-state index in [-0.39, 0.29) is 15.8 Å². The van der Waals surface area contributed by atoms with Gasteiger partial charge in [0, 0.05) is 23.3 Å².